The SMILES string of the molecule is Cn1nnc(CNC(=O)N(Cc2ccco2)C2CCCC2)n1. The second-order valence-electron chi connectivity index (χ2n) is 5.50. The molecule has 2 amide bonds. The van der Waals surface area contributed by atoms with Gasteiger partial charge in [0.2, 0.25) is 0 Å². The molecule has 0 unspecified atom stereocenters. The Morgan fingerprint density at radius 3 is 2.95 bits per heavy atom. The van der Waals surface area contributed by atoms with Gasteiger partial charge in [0.1, 0.15) is 5.76 Å². The molecule has 0 radical (unpaired) electrons. The molecule has 0 spiro atoms. The maximum atomic E-state index is 12.5. The lowest BCUT2D eigenvalue weighted by molar-refractivity contribution is 0.164. The zero-order chi connectivity index (χ0) is 15.4. The molecule has 0 atom stereocenters. The van der Waals surface area contributed by atoms with Crippen LogP contribution in [0.2, 0.25) is 0 Å². The zero-order valence-corrected chi connectivity index (χ0v) is 12.6. The Hall–Kier alpha value is -2.38. The van der Waals surface area contributed by atoms with Gasteiger partial charge in [-0.1, -0.05) is 12.8 Å². The van der Waals surface area contributed by atoms with E-state index in [0.29, 0.717) is 12.4 Å². The Kier molecular flexibility index (Phi) is 4.36. The molecule has 1 saturated carbocycles. The number of hydrogen-bond donors (Lipinski definition) is 1. The minimum Gasteiger partial charge on any atom is -0.467 e. The Bertz CT molecular complexity index is 603. The molecule has 2 heterocycles. The summed E-state index contributed by atoms with van der Waals surface area (Å²) in [6.45, 7) is 0.755. The number of nitrogens with one attached hydrogen (secondary N) is 1. The molecule has 0 saturated heterocycles. The maximum Gasteiger partial charge on any atom is 0.318 e. The van der Waals surface area contributed by atoms with Crippen molar-refractivity contribution in [3.63, 3.8) is 0 Å². The Labute approximate surface area is 128 Å². The summed E-state index contributed by atoms with van der Waals surface area (Å²) in [6, 6.07) is 3.87. The van der Waals surface area contributed by atoms with E-state index in [2.05, 4.69) is 20.7 Å². The minimum absolute atomic E-state index is 0.115. The predicted molar refractivity (Wildman–Crippen MR) is 77.5 cm³/mol. The van der Waals surface area contributed by atoms with Gasteiger partial charge in [-0.15, -0.1) is 10.2 Å². The van der Waals surface area contributed by atoms with Gasteiger partial charge in [0.15, 0.2) is 5.82 Å². The summed E-state index contributed by atoms with van der Waals surface area (Å²) in [5, 5.41) is 14.6. The van der Waals surface area contributed by atoms with Crippen molar-refractivity contribution in [2.45, 2.75) is 44.8 Å². The lowest BCUT2D eigenvalue weighted by Crippen LogP contribution is -2.44. The number of rotatable bonds is 5. The molecular formula is C14H20N6O2. The van der Waals surface area contributed by atoms with E-state index >= 15 is 0 Å². The molecule has 0 aromatic carbocycles. The number of carbonyl (C=O) groups excluding carboxylic acids is 1. The second kappa shape index (κ2) is 6.59. The monoisotopic (exact) mass is 304 g/mol. The van der Waals surface area contributed by atoms with Gasteiger partial charge in [0.05, 0.1) is 26.4 Å². The van der Waals surface area contributed by atoms with Crippen LogP contribution in [0, 0.1) is 0 Å². The highest BCUT2D eigenvalue weighted by Gasteiger charge is 2.27. The first-order chi connectivity index (χ1) is 10.7. The van der Waals surface area contributed by atoms with E-state index in [1.165, 1.54) is 4.80 Å². The molecule has 1 fully saturated rings. The van der Waals surface area contributed by atoms with Crippen LogP contribution in [0.5, 0.6) is 0 Å². The third kappa shape index (κ3) is 3.44. The molecule has 0 aliphatic heterocycles. The third-order valence-corrected chi connectivity index (χ3v) is 3.88. The number of nitrogens with zero attached hydrogens (tertiary/aromatic N) is 5. The highest BCUT2D eigenvalue weighted by Crippen LogP contribution is 2.25. The largest absolute Gasteiger partial charge is 0.467 e. The van der Waals surface area contributed by atoms with E-state index < -0.39 is 0 Å². The van der Waals surface area contributed by atoms with E-state index in [1.807, 2.05) is 17.0 Å². The van der Waals surface area contributed by atoms with Crippen molar-refractivity contribution in [3.8, 4) is 0 Å². The van der Waals surface area contributed by atoms with Crippen LogP contribution in [0.1, 0.15) is 37.3 Å². The van der Waals surface area contributed by atoms with Crippen LogP contribution in [-0.4, -0.2) is 37.2 Å². The van der Waals surface area contributed by atoms with Gasteiger partial charge in [-0.3, -0.25) is 0 Å². The first kappa shape index (κ1) is 14.6. The zero-order valence-electron chi connectivity index (χ0n) is 12.6. The van der Waals surface area contributed by atoms with Crippen LogP contribution in [0.25, 0.3) is 0 Å². The highest BCUT2D eigenvalue weighted by molar-refractivity contribution is 5.74. The van der Waals surface area contributed by atoms with Crippen LogP contribution in [0.15, 0.2) is 22.8 Å². The molecule has 1 aliphatic carbocycles. The normalized spacial score (nSPS) is 15.1. The van der Waals surface area contributed by atoms with Crippen LogP contribution < -0.4 is 5.32 Å². The van der Waals surface area contributed by atoms with Crippen LogP contribution in [0.4, 0.5) is 4.79 Å². The van der Waals surface area contributed by atoms with Crippen molar-refractivity contribution < 1.29 is 9.21 Å². The van der Waals surface area contributed by atoms with E-state index in [4.69, 9.17) is 4.42 Å². The molecule has 118 valence electrons. The Balaban J connectivity index is 1.63. The van der Waals surface area contributed by atoms with Gasteiger partial charge < -0.3 is 14.6 Å². The topological polar surface area (TPSA) is 89.1 Å². The summed E-state index contributed by atoms with van der Waals surface area (Å²) in [5.41, 5.74) is 0. The van der Waals surface area contributed by atoms with E-state index in [-0.39, 0.29) is 18.6 Å². The molecule has 3 rings (SSSR count). The summed E-state index contributed by atoms with van der Waals surface area (Å²) in [4.78, 5) is 15.8. The van der Waals surface area contributed by atoms with Crippen molar-refractivity contribution >= 4 is 6.03 Å². The lowest BCUT2D eigenvalue weighted by atomic mass is 10.2. The van der Waals surface area contributed by atoms with Crippen molar-refractivity contribution in [2.75, 3.05) is 0 Å². The van der Waals surface area contributed by atoms with Gasteiger partial charge in [0, 0.05) is 6.04 Å². The van der Waals surface area contributed by atoms with E-state index in [9.17, 15) is 4.79 Å². The summed E-state index contributed by atoms with van der Waals surface area (Å²) < 4.78 is 5.38. The van der Waals surface area contributed by atoms with E-state index in [0.717, 1.165) is 31.4 Å². The highest BCUT2D eigenvalue weighted by atomic mass is 16.3. The number of amides is 2. The third-order valence-electron chi connectivity index (χ3n) is 3.88. The maximum absolute atomic E-state index is 12.5. The molecule has 0 bridgehead atoms. The van der Waals surface area contributed by atoms with Gasteiger partial charge in [-0.25, -0.2) is 4.79 Å². The lowest BCUT2D eigenvalue weighted by Gasteiger charge is -2.28. The number of tetrazole rings is 1. The first-order valence-electron chi connectivity index (χ1n) is 7.52. The molecule has 1 aliphatic rings. The van der Waals surface area contributed by atoms with Crippen LogP contribution in [0.3, 0.4) is 0 Å². The average Bonchev–Trinajstić information content (AvgIpc) is 3.24. The average molecular weight is 304 g/mol. The quantitative estimate of drug-likeness (QED) is 0.903. The van der Waals surface area contributed by atoms with Gasteiger partial charge in [-0.2, -0.15) is 4.80 Å². The van der Waals surface area contributed by atoms with Crippen molar-refractivity contribution in [1.82, 2.24) is 30.4 Å². The number of urea groups is 1. The second-order valence-corrected chi connectivity index (χ2v) is 5.50. The van der Waals surface area contributed by atoms with Crippen molar-refractivity contribution in [1.29, 1.82) is 0 Å². The standard InChI is InChI=1S/C14H20N6O2/c1-19-17-13(16-18-19)9-15-14(21)20(11-5-2-3-6-11)10-12-7-4-8-22-12/h4,7-8,11H,2-3,5-6,9-10H2,1H3,(H,15,21). The molecule has 1 N–H and O–H groups in total. The van der Waals surface area contributed by atoms with Crippen molar-refractivity contribution in [2.24, 2.45) is 7.05 Å². The number of aromatic nitrogens is 4. The molecule has 2 aromatic rings. The molecule has 8 heteroatoms. The minimum atomic E-state index is -0.115. The molecular weight excluding hydrogens is 284 g/mol. The molecule has 2 aromatic heterocycles. The summed E-state index contributed by atoms with van der Waals surface area (Å²) >= 11 is 0. The first-order valence-corrected chi connectivity index (χ1v) is 7.52. The fraction of sp³-hybridized carbons (Fsp3) is 0.571. The molecule has 22 heavy (non-hydrogen) atoms. The Morgan fingerprint density at radius 1 is 1.50 bits per heavy atom. The fourth-order valence-corrected chi connectivity index (χ4v) is 2.80. The van der Waals surface area contributed by atoms with E-state index in [1.54, 1.807) is 13.3 Å². The molecule has 8 nitrogen and oxygen atoms in total. The smallest absolute Gasteiger partial charge is 0.318 e. The summed E-state index contributed by atoms with van der Waals surface area (Å²) in [6.07, 6.45) is 6.04. The summed E-state index contributed by atoms with van der Waals surface area (Å²) in [5.74, 6) is 1.29. The summed E-state index contributed by atoms with van der Waals surface area (Å²) in [7, 11) is 1.69. The van der Waals surface area contributed by atoms with Crippen LogP contribution in [-0.2, 0) is 20.1 Å². The number of carbonyl (C=O) groups is 1. The van der Waals surface area contributed by atoms with Crippen molar-refractivity contribution in [3.05, 3.63) is 30.0 Å². The van der Waals surface area contributed by atoms with Gasteiger partial charge >= 0.3 is 6.03 Å². The Morgan fingerprint density at radius 2 is 2.32 bits per heavy atom. The number of furan rings is 1. The fourth-order valence-electron chi connectivity index (χ4n) is 2.80. The van der Waals surface area contributed by atoms with Crippen LogP contribution >= 0.6 is 0 Å². The van der Waals surface area contributed by atoms with Gasteiger partial charge in [-0.05, 0) is 30.2 Å². The predicted octanol–water partition coefficient (Wildman–Crippen LogP) is 1.46. The number of hydrogen-bond acceptors (Lipinski definition) is 5. The number of aryl methyl sites for hydroxylation is 1. The van der Waals surface area contributed by atoms with Gasteiger partial charge in [0.25, 0.3) is 0 Å².